The van der Waals surface area contributed by atoms with Crippen molar-refractivity contribution in [2.75, 3.05) is 7.11 Å². The van der Waals surface area contributed by atoms with Gasteiger partial charge in [-0.1, -0.05) is 29.8 Å². The minimum Gasteiger partial charge on any atom is -0.495 e. The maximum absolute atomic E-state index is 13.7. The number of benzene rings is 2. The maximum Gasteiger partial charge on any atom is 0.162 e. The Labute approximate surface area is 126 Å². The average molecular weight is 313 g/mol. The third-order valence-electron chi connectivity index (χ3n) is 3.23. The number of hydrogen-bond acceptors (Lipinski definition) is 3. The van der Waals surface area contributed by atoms with E-state index in [2.05, 4.69) is 5.43 Å². The van der Waals surface area contributed by atoms with Gasteiger partial charge in [-0.25, -0.2) is 8.78 Å². The van der Waals surface area contributed by atoms with Gasteiger partial charge < -0.3 is 4.74 Å². The minimum absolute atomic E-state index is 0.199. The Kier molecular flexibility index (Phi) is 5.12. The summed E-state index contributed by atoms with van der Waals surface area (Å²) in [6, 6.07) is 8.81. The van der Waals surface area contributed by atoms with Crippen LogP contribution in [0.3, 0.4) is 0 Å². The molecule has 0 bridgehead atoms. The Morgan fingerprint density at radius 2 is 2.05 bits per heavy atom. The number of methoxy groups -OCH3 is 1. The van der Waals surface area contributed by atoms with Gasteiger partial charge in [-0.15, -0.1) is 0 Å². The molecule has 0 fully saturated rings. The van der Waals surface area contributed by atoms with Crippen LogP contribution < -0.4 is 16.0 Å². The molecule has 6 heteroatoms. The predicted molar refractivity (Wildman–Crippen MR) is 78.1 cm³/mol. The molecule has 3 N–H and O–H groups in total. The summed E-state index contributed by atoms with van der Waals surface area (Å²) in [6.45, 7) is 0. The SMILES string of the molecule is COc1cc(C(Cc2cccc(F)c2F)NN)ccc1Cl. The number of rotatable bonds is 5. The van der Waals surface area contributed by atoms with Crippen LogP contribution in [0.5, 0.6) is 5.75 Å². The van der Waals surface area contributed by atoms with Gasteiger partial charge in [-0.05, 0) is 35.7 Å². The van der Waals surface area contributed by atoms with Crippen LogP contribution in [-0.4, -0.2) is 7.11 Å². The molecule has 2 aromatic carbocycles. The third kappa shape index (κ3) is 3.50. The van der Waals surface area contributed by atoms with Crippen LogP contribution >= 0.6 is 11.6 Å². The Morgan fingerprint density at radius 1 is 1.29 bits per heavy atom. The molecule has 0 aliphatic carbocycles. The van der Waals surface area contributed by atoms with E-state index in [1.165, 1.54) is 19.2 Å². The number of halogens is 3. The molecule has 0 spiro atoms. The molecule has 0 radical (unpaired) electrons. The first kappa shape index (κ1) is 15.7. The van der Waals surface area contributed by atoms with Crippen LogP contribution in [0.15, 0.2) is 36.4 Å². The first-order valence-corrected chi connectivity index (χ1v) is 6.67. The van der Waals surface area contributed by atoms with Crippen molar-refractivity contribution in [2.45, 2.75) is 12.5 Å². The van der Waals surface area contributed by atoms with Crippen molar-refractivity contribution in [3.05, 3.63) is 64.2 Å². The Bertz CT molecular complexity index is 637. The summed E-state index contributed by atoms with van der Waals surface area (Å²) in [5.74, 6) is 4.28. The fourth-order valence-corrected chi connectivity index (χ4v) is 2.29. The molecule has 2 rings (SSSR count). The van der Waals surface area contributed by atoms with Crippen molar-refractivity contribution < 1.29 is 13.5 Å². The van der Waals surface area contributed by atoms with E-state index >= 15 is 0 Å². The zero-order valence-corrected chi connectivity index (χ0v) is 12.1. The summed E-state index contributed by atoms with van der Waals surface area (Å²) in [4.78, 5) is 0. The van der Waals surface area contributed by atoms with E-state index < -0.39 is 17.7 Å². The van der Waals surface area contributed by atoms with E-state index in [0.29, 0.717) is 10.8 Å². The summed E-state index contributed by atoms with van der Waals surface area (Å²) >= 11 is 5.96. The molecule has 112 valence electrons. The van der Waals surface area contributed by atoms with Gasteiger partial charge in [0.15, 0.2) is 11.6 Å². The van der Waals surface area contributed by atoms with Gasteiger partial charge in [0.25, 0.3) is 0 Å². The Hall–Kier alpha value is -1.69. The van der Waals surface area contributed by atoms with Gasteiger partial charge >= 0.3 is 0 Å². The monoisotopic (exact) mass is 312 g/mol. The van der Waals surface area contributed by atoms with Crippen molar-refractivity contribution in [1.29, 1.82) is 0 Å². The second kappa shape index (κ2) is 6.85. The molecule has 0 heterocycles. The van der Waals surface area contributed by atoms with E-state index in [9.17, 15) is 8.78 Å². The summed E-state index contributed by atoms with van der Waals surface area (Å²) in [5.41, 5.74) is 3.61. The van der Waals surface area contributed by atoms with Gasteiger partial charge in [0.2, 0.25) is 0 Å². The first-order chi connectivity index (χ1) is 10.1. The fourth-order valence-electron chi connectivity index (χ4n) is 2.09. The van der Waals surface area contributed by atoms with Gasteiger partial charge in [-0.3, -0.25) is 11.3 Å². The average Bonchev–Trinajstić information content (AvgIpc) is 2.49. The molecule has 21 heavy (non-hydrogen) atoms. The predicted octanol–water partition coefficient (Wildman–Crippen LogP) is 3.37. The number of hydrazine groups is 1. The van der Waals surface area contributed by atoms with Gasteiger partial charge in [0, 0.05) is 0 Å². The van der Waals surface area contributed by atoms with E-state index in [4.69, 9.17) is 22.2 Å². The third-order valence-corrected chi connectivity index (χ3v) is 3.55. The Balaban J connectivity index is 2.30. The van der Waals surface area contributed by atoms with Gasteiger partial charge in [0.05, 0.1) is 18.2 Å². The van der Waals surface area contributed by atoms with Crippen LogP contribution in [0.25, 0.3) is 0 Å². The number of nitrogens with one attached hydrogen (secondary N) is 1. The summed E-state index contributed by atoms with van der Waals surface area (Å²) in [6.07, 6.45) is 0.199. The van der Waals surface area contributed by atoms with Gasteiger partial charge in [-0.2, -0.15) is 0 Å². The van der Waals surface area contributed by atoms with Gasteiger partial charge in [0.1, 0.15) is 5.75 Å². The molecule has 0 aliphatic rings. The maximum atomic E-state index is 13.7. The minimum atomic E-state index is -0.878. The molecule has 0 saturated carbocycles. The van der Waals surface area contributed by atoms with E-state index in [1.807, 2.05) is 0 Å². The number of hydrogen-bond donors (Lipinski definition) is 2. The van der Waals surface area contributed by atoms with Crippen molar-refractivity contribution in [2.24, 2.45) is 5.84 Å². The normalized spacial score (nSPS) is 12.2. The summed E-state index contributed by atoms with van der Waals surface area (Å²) in [5, 5.41) is 0.467. The summed E-state index contributed by atoms with van der Waals surface area (Å²) < 4.78 is 32.1. The first-order valence-electron chi connectivity index (χ1n) is 6.29. The zero-order valence-electron chi connectivity index (χ0n) is 11.4. The fraction of sp³-hybridized carbons (Fsp3) is 0.200. The molecule has 3 nitrogen and oxygen atoms in total. The highest BCUT2D eigenvalue weighted by Crippen LogP contribution is 2.29. The lowest BCUT2D eigenvalue weighted by Crippen LogP contribution is -2.29. The number of ether oxygens (including phenoxy) is 1. The lowest BCUT2D eigenvalue weighted by Gasteiger charge is -2.18. The molecular formula is C15H15ClF2N2O. The molecule has 0 aliphatic heterocycles. The van der Waals surface area contributed by atoms with E-state index in [-0.39, 0.29) is 12.0 Å². The van der Waals surface area contributed by atoms with Crippen LogP contribution in [0, 0.1) is 11.6 Å². The van der Waals surface area contributed by atoms with Crippen LogP contribution in [0.4, 0.5) is 8.78 Å². The van der Waals surface area contributed by atoms with Crippen molar-refractivity contribution in [3.63, 3.8) is 0 Å². The molecule has 0 saturated heterocycles. The van der Waals surface area contributed by atoms with Crippen LogP contribution in [0.2, 0.25) is 5.02 Å². The lowest BCUT2D eigenvalue weighted by atomic mass is 9.98. The topological polar surface area (TPSA) is 47.3 Å². The zero-order chi connectivity index (χ0) is 15.4. The smallest absolute Gasteiger partial charge is 0.162 e. The molecule has 2 aromatic rings. The van der Waals surface area contributed by atoms with E-state index in [0.717, 1.165) is 11.6 Å². The quantitative estimate of drug-likeness (QED) is 0.657. The highest BCUT2D eigenvalue weighted by molar-refractivity contribution is 6.32. The van der Waals surface area contributed by atoms with Crippen LogP contribution in [-0.2, 0) is 6.42 Å². The van der Waals surface area contributed by atoms with Crippen molar-refractivity contribution >= 4 is 11.6 Å². The van der Waals surface area contributed by atoms with Crippen molar-refractivity contribution in [1.82, 2.24) is 5.43 Å². The highest BCUT2D eigenvalue weighted by atomic mass is 35.5. The number of nitrogens with two attached hydrogens (primary N) is 1. The Morgan fingerprint density at radius 3 is 2.71 bits per heavy atom. The molecule has 0 aromatic heterocycles. The van der Waals surface area contributed by atoms with E-state index in [1.54, 1.807) is 18.2 Å². The highest BCUT2D eigenvalue weighted by Gasteiger charge is 2.16. The molecule has 0 amide bonds. The largest absolute Gasteiger partial charge is 0.495 e. The lowest BCUT2D eigenvalue weighted by molar-refractivity contribution is 0.413. The second-order valence-electron chi connectivity index (χ2n) is 4.53. The molecule has 1 atom stereocenters. The second-order valence-corrected chi connectivity index (χ2v) is 4.94. The summed E-state index contributed by atoms with van der Waals surface area (Å²) in [7, 11) is 1.50. The molecular weight excluding hydrogens is 298 g/mol. The molecule has 1 unspecified atom stereocenters. The van der Waals surface area contributed by atoms with Crippen LogP contribution in [0.1, 0.15) is 17.2 Å². The standard InChI is InChI=1S/C15H15ClF2N2O/c1-21-14-8-9(5-6-11(14)16)13(20-19)7-10-3-2-4-12(17)15(10)18/h2-6,8,13,20H,7,19H2,1H3. The van der Waals surface area contributed by atoms with Crippen molar-refractivity contribution in [3.8, 4) is 5.75 Å².